The van der Waals surface area contributed by atoms with Crippen LogP contribution >= 0.6 is 0 Å². The topological polar surface area (TPSA) is 59.9 Å². The number of hydrogen-bond acceptors (Lipinski definition) is 4. The minimum Gasteiger partial charge on any atom is -0.496 e. The third-order valence-corrected chi connectivity index (χ3v) is 4.21. The minimum atomic E-state index is -0.286. The number of amides is 1. The molecule has 5 heteroatoms. The minimum absolute atomic E-state index is 0.286. The van der Waals surface area contributed by atoms with E-state index in [2.05, 4.69) is 24.4 Å². The van der Waals surface area contributed by atoms with Gasteiger partial charge >= 0.3 is 0 Å². The van der Waals surface area contributed by atoms with Crippen LogP contribution < -0.4 is 14.9 Å². The molecular weight excluding hydrogens is 352 g/mol. The van der Waals surface area contributed by atoms with Crippen molar-refractivity contribution in [1.82, 2.24) is 5.43 Å². The summed E-state index contributed by atoms with van der Waals surface area (Å²) in [7, 11) is 1.61. The molecule has 0 unspecified atom stereocenters. The molecule has 3 aromatic carbocycles. The molecular formula is C23H24N2O3. The number of hydrogen-bond donors (Lipinski definition) is 1. The molecule has 0 aliphatic carbocycles. The van der Waals surface area contributed by atoms with E-state index in [-0.39, 0.29) is 5.91 Å². The fraction of sp³-hybridized carbons (Fsp3) is 0.217. The van der Waals surface area contributed by atoms with Gasteiger partial charge < -0.3 is 9.47 Å². The van der Waals surface area contributed by atoms with Gasteiger partial charge in [0.15, 0.2) is 0 Å². The molecule has 0 heterocycles. The van der Waals surface area contributed by atoms with Crippen LogP contribution in [0.1, 0.15) is 29.8 Å². The van der Waals surface area contributed by atoms with Crippen LogP contribution in [0.2, 0.25) is 0 Å². The first-order valence-electron chi connectivity index (χ1n) is 9.20. The summed E-state index contributed by atoms with van der Waals surface area (Å²) in [6.07, 6.45) is 1.61. The zero-order valence-electron chi connectivity index (χ0n) is 16.3. The zero-order valence-corrected chi connectivity index (χ0v) is 16.3. The molecule has 0 bridgehead atoms. The molecule has 1 N–H and O–H groups in total. The smallest absolute Gasteiger partial charge is 0.271 e. The monoisotopic (exact) mass is 376 g/mol. The molecule has 144 valence electrons. The van der Waals surface area contributed by atoms with Crippen LogP contribution in [0.3, 0.4) is 0 Å². The second-order valence-electron chi connectivity index (χ2n) is 6.83. The van der Waals surface area contributed by atoms with Crippen molar-refractivity contribution in [3.8, 4) is 11.5 Å². The molecule has 3 rings (SSSR count). The summed E-state index contributed by atoms with van der Waals surface area (Å²) in [5.74, 6) is 1.60. The van der Waals surface area contributed by atoms with Crippen LogP contribution in [0.5, 0.6) is 11.5 Å². The van der Waals surface area contributed by atoms with Crippen molar-refractivity contribution in [2.75, 3.05) is 13.7 Å². The first kappa shape index (κ1) is 19.4. The molecule has 0 aromatic heterocycles. The Kier molecular flexibility index (Phi) is 6.27. The molecule has 0 aliphatic rings. The molecule has 0 saturated carbocycles. The third-order valence-electron chi connectivity index (χ3n) is 4.21. The average molecular weight is 376 g/mol. The highest BCUT2D eigenvalue weighted by atomic mass is 16.5. The zero-order chi connectivity index (χ0) is 19.9. The first-order chi connectivity index (χ1) is 13.6. The van der Waals surface area contributed by atoms with Crippen molar-refractivity contribution in [2.45, 2.75) is 13.8 Å². The summed E-state index contributed by atoms with van der Waals surface area (Å²) in [5.41, 5.74) is 3.90. The van der Waals surface area contributed by atoms with Gasteiger partial charge in [-0.15, -0.1) is 0 Å². The fourth-order valence-corrected chi connectivity index (χ4v) is 2.77. The van der Waals surface area contributed by atoms with Crippen LogP contribution in [-0.4, -0.2) is 25.8 Å². The van der Waals surface area contributed by atoms with Crippen LogP contribution in [0.15, 0.2) is 65.8 Å². The largest absolute Gasteiger partial charge is 0.496 e. The molecule has 3 aromatic rings. The van der Waals surface area contributed by atoms with E-state index < -0.39 is 0 Å². The standard InChI is InChI=1S/C23H24N2O3/c1-16(2)15-28-19-11-8-18(9-12-19)23(26)25-24-14-21-20-7-5-4-6-17(20)10-13-22(21)27-3/h4-14,16H,15H2,1-3H3,(H,25,26)/b24-14+. The number of ether oxygens (including phenoxy) is 2. The summed E-state index contributed by atoms with van der Waals surface area (Å²) in [6.45, 7) is 4.82. The van der Waals surface area contributed by atoms with E-state index >= 15 is 0 Å². The van der Waals surface area contributed by atoms with Gasteiger partial charge in [-0.25, -0.2) is 5.43 Å². The summed E-state index contributed by atoms with van der Waals surface area (Å²) in [4.78, 5) is 12.3. The van der Waals surface area contributed by atoms with Gasteiger partial charge in [-0.1, -0.05) is 44.2 Å². The lowest BCUT2D eigenvalue weighted by Crippen LogP contribution is -2.17. The second-order valence-corrected chi connectivity index (χ2v) is 6.83. The number of carbonyl (C=O) groups excluding carboxylic acids is 1. The Morgan fingerprint density at radius 3 is 2.54 bits per heavy atom. The lowest BCUT2D eigenvalue weighted by Gasteiger charge is -2.09. The highest BCUT2D eigenvalue weighted by Gasteiger charge is 2.08. The SMILES string of the molecule is COc1ccc2ccccc2c1/C=N/NC(=O)c1ccc(OCC(C)C)cc1. The Labute approximate surface area is 165 Å². The van der Waals surface area contributed by atoms with E-state index in [1.807, 2.05) is 36.4 Å². The van der Waals surface area contributed by atoms with E-state index in [0.29, 0.717) is 23.8 Å². The summed E-state index contributed by atoms with van der Waals surface area (Å²) in [6, 6.07) is 18.9. The van der Waals surface area contributed by atoms with E-state index in [4.69, 9.17) is 9.47 Å². The maximum Gasteiger partial charge on any atom is 0.271 e. The second kappa shape index (κ2) is 9.04. The average Bonchev–Trinajstić information content (AvgIpc) is 2.72. The van der Waals surface area contributed by atoms with E-state index in [9.17, 15) is 4.79 Å². The lowest BCUT2D eigenvalue weighted by atomic mass is 10.0. The van der Waals surface area contributed by atoms with E-state index in [1.165, 1.54) is 0 Å². The summed E-state index contributed by atoms with van der Waals surface area (Å²) < 4.78 is 11.1. The number of methoxy groups -OCH3 is 1. The number of nitrogens with one attached hydrogen (secondary N) is 1. The fourth-order valence-electron chi connectivity index (χ4n) is 2.77. The van der Waals surface area contributed by atoms with E-state index in [1.54, 1.807) is 37.6 Å². The van der Waals surface area contributed by atoms with Crippen molar-refractivity contribution in [3.05, 3.63) is 71.8 Å². The Morgan fingerprint density at radius 1 is 1.07 bits per heavy atom. The van der Waals surface area contributed by atoms with Crippen molar-refractivity contribution < 1.29 is 14.3 Å². The Balaban J connectivity index is 1.71. The van der Waals surface area contributed by atoms with Gasteiger partial charge in [-0.2, -0.15) is 5.10 Å². The number of fused-ring (bicyclic) bond motifs is 1. The number of rotatable bonds is 7. The Bertz CT molecular complexity index is 979. The van der Waals surface area contributed by atoms with Gasteiger partial charge in [-0.3, -0.25) is 4.79 Å². The molecule has 0 atom stereocenters. The molecule has 0 radical (unpaired) electrons. The highest BCUT2D eigenvalue weighted by Crippen LogP contribution is 2.26. The number of benzene rings is 3. The summed E-state index contributed by atoms with van der Waals surface area (Å²) >= 11 is 0. The van der Waals surface area contributed by atoms with Crippen LogP contribution in [0, 0.1) is 5.92 Å². The van der Waals surface area contributed by atoms with Gasteiger partial charge in [0.1, 0.15) is 11.5 Å². The maximum absolute atomic E-state index is 12.3. The number of hydrazone groups is 1. The number of carbonyl (C=O) groups is 1. The van der Waals surface area contributed by atoms with Crippen LogP contribution in [-0.2, 0) is 0 Å². The van der Waals surface area contributed by atoms with Crippen molar-refractivity contribution in [2.24, 2.45) is 11.0 Å². The summed E-state index contributed by atoms with van der Waals surface area (Å²) in [5, 5.41) is 6.21. The molecule has 0 aliphatic heterocycles. The molecule has 1 amide bonds. The van der Waals surface area contributed by atoms with Crippen LogP contribution in [0.25, 0.3) is 10.8 Å². The van der Waals surface area contributed by atoms with Crippen molar-refractivity contribution in [3.63, 3.8) is 0 Å². The molecule has 0 spiro atoms. The quantitative estimate of drug-likeness (QED) is 0.482. The van der Waals surface area contributed by atoms with E-state index in [0.717, 1.165) is 22.1 Å². The Morgan fingerprint density at radius 2 is 1.82 bits per heavy atom. The van der Waals surface area contributed by atoms with Gasteiger partial charge in [-0.05, 0) is 47.0 Å². The van der Waals surface area contributed by atoms with Crippen LogP contribution in [0.4, 0.5) is 0 Å². The maximum atomic E-state index is 12.3. The molecule has 5 nitrogen and oxygen atoms in total. The van der Waals surface area contributed by atoms with Gasteiger partial charge in [0, 0.05) is 11.1 Å². The number of nitrogens with zero attached hydrogens (tertiary/aromatic N) is 1. The molecule has 28 heavy (non-hydrogen) atoms. The third kappa shape index (κ3) is 4.68. The van der Waals surface area contributed by atoms with Gasteiger partial charge in [0.25, 0.3) is 5.91 Å². The van der Waals surface area contributed by atoms with Crippen molar-refractivity contribution in [1.29, 1.82) is 0 Å². The molecule has 0 fully saturated rings. The predicted molar refractivity (Wildman–Crippen MR) is 112 cm³/mol. The van der Waals surface area contributed by atoms with Gasteiger partial charge in [0.05, 0.1) is 19.9 Å². The van der Waals surface area contributed by atoms with Gasteiger partial charge in [0.2, 0.25) is 0 Å². The highest BCUT2D eigenvalue weighted by molar-refractivity contribution is 6.03. The predicted octanol–water partition coefficient (Wildman–Crippen LogP) is 4.65. The van der Waals surface area contributed by atoms with Crippen molar-refractivity contribution >= 4 is 22.9 Å². The lowest BCUT2D eigenvalue weighted by molar-refractivity contribution is 0.0955. The Hall–Kier alpha value is -3.34. The first-order valence-corrected chi connectivity index (χ1v) is 9.20. The normalized spacial score (nSPS) is 11.1. The molecule has 0 saturated heterocycles.